The zero-order valence-corrected chi connectivity index (χ0v) is 11.6. The van der Waals surface area contributed by atoms with Crippen LogP contribution in [0, 0.1) is 5.82 Å². The summed E-state index contributed by atoms with van der Waals surface area (Å²) in [5.74, 6) is -0.0345. The first-order valence-electron chi connectivity index (χ1n) is 5.92. The van der Waals surface area contributed by atoms with Crippen molar-refractivity contribution in [2.75, 3.05) is 12.8 Å². The van der Waals surface area contributed by atoms with Crippen LogP contribution in [0.3, 0.4) is 0 Å². The fourth-order valence-corrected chi connectivity index (χ4v) is 2.09. The fourth-order valence-electron chi connectivity index (χ4n) is 1.85. The summed E-state index contributed by atoms with van der Waals surface area (Å²) >= 11 is 5.91. The number of rotatable bonds is 4. The summed E-state index contributed by atoms with van der Waals surface area (Å²) in [4.78, 5) is 12.2. The van der Waals surface area contributed by atoms with Crippen LogP contribution in [0.25, 0.3) is 0 Å². The summed E-state index contributed by atoms with van der Waals surface area (Å²) in [6.07, 6.45) is 0.0651. The third-order valence-corrected chi connectivity index (χ3v) is 3.28. The summed E-state index contributed by atoms with van der Waals surface area (Å²) in [6.45, 7) is 0. The molecule has 0 aromatic heterocycles. The molecule has 0 heterocycles. The molecule has 0 unspecified atom stereocenters. The van der Waals surface area contributed by atoms with Crippen LogP contribution in [-0.2, 0) is 6.42 Å². The van der Waals surface area contributed by atoms with Crippen LogP contribution in [0.5, 0.6) is 5.75 Å². The first kappa shape index (κ1) is 14.3. The molecule has 0 amide bonds. The lowest BCUT2D eigenvalue weighted by Crippen LogP contribution is -2.07. The molecule has 0 spiro atoms. The zero-order chi connectivity index (χ0) is 14.7. The molecule has 2 N–H and O–H groups in total. The third-order valence-electron chi connectivity index (χ3n) is 2.93. The van der Waals surface area contributed by atoms with Gasteiger partial charge in [0.05, 0.1) is 7.11 Å². The summed E-state index contributed by atoms with van der Waals surface area (Å²) in [5, 5.41) is 0.227. The fraction of sp³-hybridized carbons (Fsp3) is 0.133. The Morgan fingerprint density at radius 3 is 2.65 bits per heavy atom. The Balaban J connectivity index is 2.24. The number of benzene rings is 2. The Hall–Kier alpha value is -2.07. The van der Waals surface area contributed by atoms with E-state index >= 15 is 0 Å². The highest BCUT2D eigenvalue weighted by molar-refractivity contribution is 6.31. The van der Waals surface area contributed by atoms with E-state index in [9.17, 15) is 9.18 Å². The quantitative estimate of drug-likeness (QED) is 0.693. The number of anilines is 1. The third kappa shape index (κ3) is 3.08. The summed E-state index contributed by atoms with van der Waals surface area (Å²) in [6, 6.07) is 8.80. The molecule has 0 aliphatic carbocycles. The highest BCUT2D eigenvalue weighted by atomic mass is 35.5. The maximum Gasteiger partial charge on any atom is 0.169 e. The monoisotopic (exact) mass is 293 g/mol. The highest BCUT2D eigenvalue weighted by Crippen LogP contribution is 2.23. The lowest BCUT2D eigenvalue weighted by atomic mass is 10.0. The summed E-state index contributed by atoms with van der Waals surface area (Å²) in [7, 11) is 1.52. The van der Waals surface area contributed by atoms with Gasteiger partial charge in [0.1, 0.15) is 11.6 Å². The van der Waals surface area contributed by atoms with E-state index in [2.05, 4.69) is 0 Å². The van der Waals surface area contributed by atoms with Crippen LogP contribution >= 0.6 is 11.6 Å². The largest absolute Gasteiger partial charge is 0.497 e. The van der Waals surface area contributed by atoms with Crippen LogP contribution < -0.4 is 10.5 Å². The normalized spacial score (nSPS) is 10.3. The minimum atomic E-state index is -0.435. The molecule has 20 heavy (non-hydrogen) atoms. The summed E-state index contributed by atoms with van der Waals surface area (Å²) < 4.78 is 18.0. The number of carbonyl (C=O) groups excluding carboxylic acids is 1. The van der Waals surface area contributed by atoms with Gasteiger partial charge in [0.15, 0.2) is 5.78 Å². The molecule has 0 saturated carbocycles. The van der Waals surface area contributed by atoms with Gasteiger partial charge in [-0.15, -0.1) is 0 Å². The smallest absolute Gasteiger partial charge is 0.169 e. The predicted molar refractivity (Wildman–Crippen MR) is 76.9 cm³/mol. The first-order valence-corrected chi connectivity index (χ1v) is 6.29. The van der Waals surface area contributed by atoms with E-state index in [1.807, 2.05) is 0 Å². The molecule has 0 atom stereocenters. The maximum absolute atomic E-state index is 13.0. The van der Waals surface area contributed by atoms with Crippen LogP contribution in [0.4, 0.5) is 10.1 Å². The van der Waals surface area contributed by atoms with E-state index < -0.39 is 5.82 Å². The average molecular weight is 294 g/mol. The molecule has 0 fully saturated rings. The molecule has 3 nitrogen and oxygen atoms in total. The van der Waals surface area contributed by atoms with Crippen molar-refractivity contribution in [3.05, 3.63) is 58.4 Å². The Bertz CT molecular complexity index is 658. The van der Waals surface area contributed by atoms with Crippen molar-refractivity contribution in [2.45, 2.75) is 6.42 Å². The molecule has 5 heteroatoms. The molecule has 0 saturated heterocycles. The van der Waals surface area contributed by atoms with Gasteiger partial charge in [-0.05, 0) is 29.8 Å². The molecular weight excluding hydrogens is 281 g/mol. The van der Waals surface area contributed by atoms with Crippen molar-refractivity contribution in [3.8, 4) is 5.75 Å². The van der Waals surface area contributed by atoms with Crippen molar-refractivity contribution in [1.82, 2.24) is 0 Å². The van der Waals surface area contributed by atoms with Crippen molar-refractivity contribution in [1.29, 1.82) is 0 Å². The van der Waals surface area contributed by atoms with E-state index in [4.69, 9.17) is 22.1 Å². The van der Waals surface area contributed by atoms with Crippen LogP contribution in [0.1, 0.15) is 15.9 Å². The van der Waals surface area contributed by atoms with Crippen LogP contribution in [0.2, 0.25) is 5.02 Å². The van der Waals surface area contributed by atoms with Gasteiger partial charge in [-0.25, -0.2) is 4.39 Å². The number of Topliss-reactive ketones (excluding diaryl/α,β-unsaturated/α-hetero) is 1. The summed E-state index contributed by atoms with van der Waals surface area (Å²) in [5.41, 5.74) is 7.12. The minimum absolute atomic E-state index is 0.0651. The van der Waals surface area contributed by atoms with Crippen molar-refractivity contribution < 1.29 is 13.9 Å². The number of hydrogen-bond donors (Lipinski definition) is 1. The van der Waals surface area contributed by atoms with Gasteiger partial charge in [0.25, 0.3) is 0 Å². The van der Waals surface area contributed by atoms with Gasteiger partial charge in [-0.3, -0.25) is 4.79 Å². The molecule has 2 aromatic rings. The van der Waals surface area contributed by atoms with E-state index in [0.29, 0.717) is 22.6 Å². The van der Waals surface area contributed by atoms with E-state index in [-0.39, 0.29) is 17.2 Å². The number of ketones is 1. The number of carbonyl (C=O) groups is 1. The van der Waals surface area contributed by atoms with Crippen molar-refractivity contribution in [3.63, 3.8) is 0 Å². The number of ether oxygens (including phenoxy) is 1. The van der Waals surface area contributed by atoms with Gasteiger partial charge in [-0.1, -0.05) is 17.7 Å². The van der Waals surface area contributed by atoms with Crippen molar-refractivity contribution in [2.24, 2.45) is 0 Å². The molecule has 104 valence electrons. The van der Waals surface area contributed by atoms with E-state index in [1.54, 1.807) is 18.2 Å². The molecule has 2 rings (SSSR count). The Morgan fingerprint density at radius 2 is 2.05 bits per heavy atom. The van der Waals surface area contributed by atoms with E-state index in [1.165, 1.54) is 25.3 Å². The molecule has 0 aliphatic rings. The molecule has 0 bridgehead atoms. The average Bonchev–Trinajstić information content (AvgIpc) is 2.41. The first-order chi connectivity index (χ1) is 9.51. The van der Waals surface area contributed by atoms with Gasteiger partial charge in [0.2, 0.25) is 0 Å². The molecule has 0 aliphatic heterocycles. The maximum atomic E-state index is 13.0. The molecule has 2 aromatic carbocycles. The minimum Gasteiger partial charge on any atom is -0.497 e. The Labute approximate surface area is 121 Å². The number of hydrogen-bond acceptors (Lipinski definition) is 3. The van der Waals surface area contributed by atoms with Gasteiger partial charge in [0, 0.05) is 28.8 Å². The lowest BCUT2D eigenvalue weighted by molar-refractivity contribution is 0.0994. The van der Waals surface area contributed by atoms with Crippen LogP contribution in [-0.4, -0.2) is 12.9 Å². The van der Waals surface area contributed by atoms with Crippen molar-refractivity contribution >= 4 is 23.1 Å². The van der Waals surface area contributed by atoms with Gasteiger partial charge in [-0.2, -0.15) is 0 Å². The number of methoxy groups -OCH3 is 1. The molecule has 0 radical (unpaired) electrons. The Kier molecular flexibility index (Phi) is 4.25. The standard InChI is InChI=1S/C15H13ClFNO2/c1-20-11-4-5-12(14(18)8-11)15(19)6-9-2-3-10(17)7-13(9)16/h2-5,7-8H,6,18H2,1H3. The predicted octanol–water partition coefficient (Wildman–Crippen LogP) is 3.50. The highest BCUT2D eigenvalue weighted by Gasteiger charge is 2.13. The zero-order valence-electron chi connectivity index (χ0n) is 10.8. The van der Waals surface area contributed by atoms with E-state index in [0.717, 1.165) is 0 Å². The van der Waals surface area contributed by atoms with Gasteiger partial charge < -0.3 is 10.5 Å². The molecular formula is C15H13ClFNO2. The number of nitrogen functional groups attached to an aromatic ring is 1. The SMILES string of the molecule is COc1ccc(C(=O)Cc2ccc(F)cc2Cl)c(N)c1. The number of halogens is 2. The second-order valence-corrected chi connectivity index (χ2v) is 4.70. The Morgan fingerprint density at radius 1 is 1.30 bits per heavy atom. The lowest BCUT2D eigenvalue weighted by Gasteiger charge is -2.08. The number of nitrogens with two attached hydrogens (primary N) is 1. The van der Waals surface area contributed by atoms with Crippen LogP contribution in [0.15, 0.2) is 36.4 Å². The second kappa shape index (κ2) is 5.92. The van der Waals surface area contributed by atoms with Gasteiger partial charge >= 0.3 is 0 Å². The second-order valence-electron chi connectivity index (χ2n) is 4.29. The topological polar surface area (TPSA) is 52.3 Å².